The Hall–Kier alpha value is -3.42. The zero-order chi connectivity index (χ0) is 24.0. The number of pyridine rings is 1. The number of hydrogen-bond acceptors (Lipinski definition) is 8. The van der Waals surface area contributed by atoms with Gasteiger partial charge in [0.2, 0.25) is 0 Å². The first kappa shape index (κ1) is 24.2. The van der Waals surface area contributed by atoms with Crippen LogP contribution in [0.4, 0.5) is 0 Å². The van der Waals surface area contributed by atoms with Gasteiger partial charge in [-0.3, -0.25) is 19.4 Å². The number of carbonyl (C=O) groups is 3. The average molecular weight is 456 g/mol. The maximum Gasteiger partial charge on any atom is 0.318 e. The van der Waals surface area contributed by atoms with Crippen LogP contribution in [0.2, 0.25) is 0 Å². The third kappa shape index (κ3) is 6.09. The first-order valence-corrected chi connectivity index (χ1v) is 10.9. The van der Waals surface area contributed by atoms with Crippen LogP contribution in [0.5, 0.6) is 5.75 Å². The van der Waals surface area contributed by atoms with Crippen LogP contribution < -0.4 is 4.74 Å². The highest BCUT2D eigenvalue weighted by atomic mass is 16.6. The molecule has 0 amide bonds. The molecule has 1 aromatic carbocycles. The average Bonchev–Trinajstić information content (AvgIpc) is 2.84. The van der Waals surface area contributed by atoms with Crippen molar-refractivity contribution in [3.05, 3.63) is 59.9 Å². The lowest BCUT2D eigenvalue weighted by Crippen LogP contribution is -2.43. The Balaban J connectivity index is 1.94. The lowest BCUT2D eigenvalue weighted by atomic mass is 9.91. The van der Waals surface area contributed by atoms with Gasteiger partial charge in [-0.1, -0.05) is 44.2 Å². The molecule has 8 heteroatoms. The van der Waals surface area contributed by atoms with E-state index in [1.807, 2.05) is 30.3 Å². The quantitative estimate of drug-likeness (QED) is 0.484. The minimum absolute atomic E-state index is 0.249. The van der Waals surface area contributed by atoms with Crippen LogP contribution in [0.1, 0.15) is 37.9 Å². The van der Waals surface area contributed by atoms with Crippen LogP contribution in [0.25, 0.3) is 0 Å². The molecule has 1 aromatic heterocycles. The Labute approximate surface area is 193 Å². The molecular weight excluding hydrogens is 426 g/mol. The predicted octanol–water partition coefficient (Wildman–Crippen LogP) is 3.09. The van der Waals surface area contributed by atoms with Gasteiger partial charge in [0, 0.05) is 12.3 Å². The van der Waals surface area contributed by atoms with Crippen molar-refractivity contribution in [3.8, 4) is 5.75 Å². The fraction of sp³-hybridized carbons (Fsp3) is 0.440. The molecule has 4 unspecified atom stereocenters. The Morgan fingerprint density at radius 2 is 1.88 bits per heavy atom. The molecule has 4 atom stereocenters. The van der Waals surface area contributed by atoms with Crippen molar-refractivity contribution in [2.24, 2.45) is 11.8 Å². The van der Waals surface area contributed by atoms with E-state index >= 15 is 0 Å². The van der Waals surface area contributed by atoms with Crippen molar-refractivity contribution in [2.45, 2.75) is 45.3 Å². The summed E-state index contributed by atoms with van der Waals surface area (Å²) in [5.41, 5.74) is 1.23. The number of benzene rings is 1. The van der Waals surface area contributed by atoms with Crippen LogP contribution in [-0.2, 0) is 35.0 Å². The number of aromatic nitrogens is 1. The van der Waals surface area contributed by atoms with E-state index in [0.29, 0.717) is 11.4 Å². The summed E-state index contributed by atoms with van der Waals surface area (Å²) in [4.78, 5) is 42.9. The number of methoxy groups -OCH3 is 1. The number of nitrogens with zero attached hydrogens (tertiary/aromatic N) is 1. The molecule has 0 bridgehead atoms. The van der Waals surface area contributed by atoms with E-state index in [1.165, 1.54) is 13.3 Å². The molecule has 8 nitrogen and oxygen atoms in total. The Morgan fingerprint density at radius 1 is 1.15 bits per heavy atom. The van der Waals surface area contributed by atoms with Gasteiger partial charge in [-0.25, -0.2) is 0 Å². The SMILES string of the molecule is COc1ccnc(C2COC(=O)C(Cc3ccccc3)C(OC(=O)C(C)C)C(C)OC2=O)c1. The molecule has 2 heterocycles. The summed E-state index contributed by atoms with van der Waals surface area (Å²) in [6, 6.07) is 12.6. The number of ether oxygens (including phenoxy) is 4. The second kappa shape index (κ2) is 10.9. The summed E-state index contributed by atoms with van der Waals surface area (Å²) in [6.45, 7) is 4.76. The lowest BCUT2D eigenvalue weighted by molar-refractivity contribution is -0.176. The molecule has 176 valence electrons. The fourth-order valence-electron chi connectivity index (χ4n) is 3.60. The molecule has 1 aliphatic heterocycles. The fourth-order valence-corrected chi connectivity index (χ4v) is 3.60. The molecule has 2 aromatic rings. The third-order valence-corrected chi connectivity index (χ3v) is 5.51. The molecule has 1 fully saturated rings. The van der Waals surface area contributed by atoms with Crippen molar-refractivity contribution in [3.63, 3.8) is 0 Å². The minimum atomic E-state index is -1.01. The van der Waals surface area contributed by atoms with E-state index in [9.17, 15) is 14.4 Å². The van der Waals surface area contributed by atoms with Gasteiger partial charge >= 0.3 is 17.9 Å². The zero-order valence-corrected chi connectivity index (χ0v) is 19.2. The van der Waals surface area contributed by atoms with Crippen molar-refractivity contribution < 1.29 is 33.3 Å². The van der Waals surface area contributed by atoms with Crippen LogP contribution >= 0.6 is 0 Å². The van der Waals surface area contributed by atoms with Gasteiger partial charge < -0.3 is 18.9 Å². The van der Waals surface area contributed by atoms with Crippen molar-refractivity contribution in [2.75, 3.05) is 13.7 Å². The van der Waals surface area contributed by atoms with E-state index in [-0.39, 0.29) is 13.0 Å². The highest BCUT2D eigenvalue weighted by molar-refractivity contribution is 5.81. The van der Waals surface area contributed by atoms with Gasteiger partial charge in [-0.05, 0) is 25.0 Å². The molecule has 0 aliphatic carbocycles. The highest BCUT2D eigenvalue weighted by Gasteiger charge is 2.42. The first-order valence-electron chi connectivity index (χ1n) is 10.9. The summed E-state index contributed by atoms with van der Waals surface area (Å²) >= 11 is 0. The molecule has 1 aliphatic rings. The Kier molecular flexibility index (Phi) is 8.03. The summed E-state index contributed by atoms with van der Waals surface area (Å²) < 4.78 is 22.2. The monoisotopic (exact) mass is 455 g/mol. The number of carbonyl (C=O) groups excluding carboxylic acids is 3. The summed E-state index contributed by atoms with van der Waals surface area (Å²) in [7, 11) is 1.50. The van der Waals surface area contributed by atoms with Crippen molar-refractivity contribution >= 4 is 17.9 Å². The van der Waals surface area contributed by atoms with Crippen molar-refractivity contribution in [1.29, 1.82) is 0 Å². The number of esters is 3. The van der Waals surface area contributed by atoms with Crippen LogP contribution in [0.3, 0.4) is 0 Å². The zero-order valence-electron chi connectivity index (χ0n) is 19.2. The molecule has 0 radical (unpaired) electrons. The summed E-state index contributed by atoms with van der Waals surface area (Å²) in [6.07, 6.45) is -0.119. The smallest absolute Gasteiger partial charge is 0.318 e. The molecule has 1 saturated heterocycles. The Morgan fingerprint density at radius 3 is 2.55 bits per heavy atom. The molecule has 0 N–H and O–H groups in total. The van der Waals surface area contributed by atoms with Gasteiger partial charge in [0.15, 0.2) is 6.10 Å². The summed E-state index contributed by atoms with van der Waals surface area (Å²) in [5, 5.41) is 0. The van der Waals surface area contributed by atoms with E-state index in [0.717, 1.165) is 5.56 Å². The van der Waals surface area contributed by atoms with E-state index in [2.05, 4.69) is 4.98 Å². The largest absolute Gasteiger partial charge is 0.497 e. The second-order valence-electron chi connectivity index (χ2n) is 8.30. The number of hydrogen-bond donors (Lipinski definition) is 0. The molecule has 0 spiro atoms. The number of cyclic esters (lactones) is 2. The molecule has 33 heavy (non-hydrogen) atoms. The molecule has 0 saturated carbocycles. The second-order valence-corrected chi connectivity index (χ2v) is 8.30. The van der Waals surface area contributed by atoms with Crippen LogP contribution in [0.15, 0.2) is 48.7 Å². The highest BCUT2D eigenvalue weighted by Crippen LogP contribution is 2.28. The van der Waals surface area contributed by atoms with E-state index in [1.54, 1.807) is 32.9 Å². The normalized spacial score (nSPS) is 23.5. The molecule has 3 rings (SSSR count). The lowest BCUT2D eigenvalue weighted by Gasteiger charge is -2.29. The van der Waals surface area contributed by atoms with Crippen LogP contribution in [0, 0.1) is 11.8 Å². The Bertz CT molecular complexity index is 976. The maximum atomic E-state index is 13.2. The van der Waals surface area contributed by atoms with Crippen LogP contribution in [-0.4, -0.2) is 48.8 Å². The van der Waals surface area contributed by atoms with Gasteiger partial charge in [-0.2, -0.15) is 0 Å². The van der Waals surface area contributed by atoms with Gasteiger partial charge in [0.1, 0.15) is 30.3 Å². The van der Waals surface area contributed by atoms with E-state index < -0.39 is 47.9 Å². The third-order valence-electron chi connectivity index (χ3n) is 5.51. The van der Waals surface area contributed by atoms with Gasteiger partial charge in [0.25, 0.3) is 0 Å². The van der Waals surface area contributed by atoms with Gasteiger partial charge in [-0.15, -0.1) is 0 Å². The van der Waals surface area contributed by atoms with Crippen molar-refractivity contribution in [1.82, 2.24) is 4.98 Å². The predicted molar refractivity (Wildman–Crippen MR) is 118 cm³/mol. The standard InChI is InChI=1S/C25H29NO7/c1-15(2)23(27)33-22-16(3)32-25(29)20(21-13-18(30-4)10-11-26-21)14-31-24(28)19(22)12-17-8-6-5-7-9-17/h5-11,13,15-16,19-20,22H,12,14H2,1-4H3. The first-order chi connectivity index (χ1) is 15.8. The minimum Gasteiger partial charge on any atom is -0.497 e. The van der Waals surface area contributed by atoms with Gasteiger partial charge in [0.05, 0.1) is 18.7 Å². The molecular formula is C25H29NO7. The summed E-state index contributed by atoms with van der Waals surface area (Å²) in [5.74, 6) is -3.38. The maximum absolute atomic E-state index is 13.2. The number of rotatable bonds is 6. The van der Waals surface area contributed by atoms with E-state index in [4.69, 9.17) is 18.9 Å². The topological polar surface area (TPSA) is 101 Å².